The van der Waals surface area contributed by atoms with E-state index in [4.69, 9.17) is 17.0 Å². The van der Waals surface area contributed by atoms with E-state index in [0.717, 1.165) is 42.8 Å². The van der Waals surface area contributed by atoms with Gasteiger partial charge in [0.05, 0.1) is 12.2 Å². The highest BCUT2D eigenvalue weighted by Crippen LogP contribution is 2.37. The first-order valence-electron chi connectivity index (χ1n) is 13.0. The maximum Gasteiger partial charge on any atom is 0.341 e. The van der Waals surface area contributed by atoms with Gasteiger partial charge in [0, 0.05) is 11.4 Å². The van der Waals surface area contributed by atoms with Gasteiger partial charge in [-0.15, -0.1) is 11.3 Å². The van der Waals surface area contributed by atoms with E-state index in [2.05, 4.69) is 17.6 Å². The van der Waals surface area contributed by atoms with E-state index < -0.39 is 0 Å². The molecule has 0 saturated heterocycles. The number of nitrogens with one attached hydrogen (secondary N) is 2. The van der Waals surface area contributed by atoms with Gasteiger partial charge in [-0.05, 0) is 56.8 Å². The minimum absolute atomic E-state index is 0.217. The summed E-state index contributed by atoms with van der Waals surface area (Å²) in [5, 5.41) is 8.12. The highest BCUT2D eigenvalue weighted by molar-refractivity contribution is 7.80. The van der Waals surface area contributed by atoms with Gasteiger partial charge in [0.1, 0.15) is 5.00 Å². The Bertz CT molecular complexity index is 688. The molecule has 1 heterocycles. The number of aryl methyl sites for hydroxylation is 1. The molecule has 1 aromatic rings. The summed E-state index contributed by atoms with van der Waals surface area (Å²) in [6.45, 7) is 5.40. The van der Waals surface area contributed by atoms with Crippen LogP contribution in [0.1, 0.15) is 125 Å². The van der Waals surface area contributed by atoms with Crippen LogP contribution >= 0.6 is 23.6 Å². The number of carbonyl (C=O) groups excluding carboxylic acids is 1. The molecule has 1 aliphatic rings. The summed E-state index contributed by atoms with van der Waals surface area (Å²) >= 11 is 7.23. The average Bonchev–Trinajstić information content (AvgIpc) is 3.08. The van der Waals surface area contributed by atoms with Crippen LogP contribution in [0.2, 0.25) is 0 Å². The molecule has 4 nitrogen and oxygen atoms in total. The number of thiocarbonyl (C=S) groups is 1. The molecule has 2 N–H and O–H groups in total. The molecule has 2 rings (SSSR count). The first-order valence-corrected chi connectivity index (χ1v) is 14.3. The molecule has 0 spiro atoms. The van der Waals surface area contributed by atoms with Crippen LogP contribution < -0.4 is 10.6 Å². The largest absolute Gasteiger partial charge is 0.462 e. The highest BCUT2D eigenvalue weighted by atomic mass is 32.1. The summed E-state index contributed by atoms with van der Waals surface area (Å²) in [6, 6.07) is 0. The number of thiophene rings is 1. The molecule has 0 fully saturated rings. The van der Waals surface area contributed by atoms with Crippen LogP contribution in [0.5, 0.6) is 0 Å². The molecule has 0 bridgehead atoms. The van der Waals surface area contributed by atoms with Crippen molar-refractivity contribution in [1.29, 1.82) is 0 Å². The zero-order valence-electron chi connectivity index (χ0n) is 20.4. The lowest BCUT2D eigenvalue weighted by Gasteiger charge is -2.12. The molecule has 1 aliphatic carbocycles. The second-order valence-electron chi connectivity index (χ2n) is 8.91. The van der Waals surface area contributed by atoms with Crippen molar-refractivity contribution in [3.05, 3.63) is 16.0 Å². The molecule has 0 saturated carbocycles. The first-order chi connectivity index (χ1) is 15.7. The lowest BCUT2D eigenvalue weighted by molar-refractivity contribution is 0.0526. The fourth-order valence-electron chi connectivity index (χ4n) is 4.39. The Morgan fingerprint density at radius 2 is 1.53 bits per heavy atom. The fourth-order valence-corrected chi connectivity index (χ4v) is 5.94. The van der Waals surface area contributed by atoms with Crippen molar-refractivity contribution in [3.63, 3.8) is 0 Å². The summed E-state index contributed by atoms with van der Waals surface area (Å²) in [5.74, 6) is -0.217. The third-order valence-electron chi connectivity index (χ3n) is 6.19. The second kappa shape index (κ2) is 16.5. The summed E-state index contributed by atoms with van der Waals surface area (Å²) in [6.07, 6.45) is 20.1. The molecule has 0 amide bonds. The van der Waals surface area contributed by atoms with E-state index in [9.17, 15) is 4.79 Å². The van der Waals surface area contributed by atoms with Gasteiger partial charge in [-0.1, -0.05) is 77.6 Å². The van der Waals surface area contributed by atoms with E-state index in [-0.39, 0.29) is 5.97 Å². The van der Waals surface area contributed by atoms with Crippen molar-refractivity contribution in [3.8, 4) is 0 Å². The van der Waals surface area contributed by atoms with Crippen molar-refractivity contribution in [2.45, 2.75) is 117 Å². The van der Waals surface area contributed by atoms with Crippen LogP contribution in [-0.4, -0.2) is 24.2 Å². The molecule has 0 atom stereocenters. The monoisotopic (exact) mass is 480 g/mol. The van der Waals surface area contributed by atoms with Crippen molar-refractivity contribution < 1.29 is 9.53 Å². The number of ether oxygens (including phenoxy) is 1. The van der Waals surface area contributed by atoms with E-state index in [0.29, 0.717) is 11.7 Å². The number of carbonyl (C=O) groups is 1. The minimum atomic E-state index is -0.217. The maximum absolute atomic E-state index is 12.7. The fraction of sp³-hybridized carbons (Fsp3) is 0.769. The molecule has 0 aliphatic heterocycles. The molecule has 182 valence electrons. The third-order valence-corrected chi connectivity index (χ3v) is 7.65. The van der Waals surface area contributed by atoms with Gasteiger partial charge in [-0.2, -0.15) is 0 Å². The van der Waals surface area contributed by atoms with Crippen LogP contribution in [-0.2, 0) is 17.6 Å². The number of hydrogen-bond donors (Lipinski definition) is 2. The Kier molecular flexibility index (Phi) is 14.0. The molecule has 0 radical (unpaired) electrons. The molecular weight excluding hydrogens is 436 g/mol. The van der Waals surface area contributed by atoms with E-state index >= 15 is 0 Å². The van der Waals surface area contributed by atoms with Gasteiger partial charge in [0.25, 0.3) is 0 Å². The van der Waals surface area contributed by atoms with Gasteiger partial charge in [0.2, 0.25) is 0 Å². The SMILES string of the molecule is CCCCCCCCCCCCNC(=S)Nc1sc2c(c1C(=O)OCC)CCCCCC2. The van der Waals surface area contributed by atoms with Gasteiger partial charge in [-0.25, -0.2) is 4.79 Å². The molecule has 6 heteroatoms. The van der Waals surface area contributed by atoms with Crippen molar-refractivity contribution >= 4 is 39.6 Å². The Morgan fingerprint density at radius 3 is 2.19 bits per heavy atom. The quantitative estimate of drug-likeness (QED) is 0.162. The number of anilines is 1. The Balaban J connectivity index is 1.75. The summed E-state index contributed by atoms with van der Waals surface area (Å²) in [5.41, 5.74) is 1.91. The van der Waals surface area contributed by atoms with E-state index in [1.54, 1.807) is 11.3 Å². The topological polar surface area (TPSA) is 50.4 Å². The standard InChI is InChI=1S/C26H44N2O2S2/c1-3-5-6-7-8-9-10-11-14-17-20-27-26(31)28-24-23(25(29)30-4-2)21-18-15-12-13-16-19-22(21)32-24/h3-20H2,1-2H3,(H2,27,28,31). The van der Waals surface area contributed by atoms with Crippen LogP contribution in [0.3, 0.4) is 0 Å². The molecular formula is C26H44N2O2S2. The average molecular weight is 481 g/mol. The zero-order valence-corrected chi connectivity index (χ0v) is 22.0. The Hall–Kier alpha value is -1.14. The second-order valence-corrected chi connectivity index (χ2v) is 10.4. The number of hydrogen-bond acceptors (Lipinski definition) is 4. The molecule has 0 unspecified atom stereocenters. The van der Waals surface area contributed by atoms with Gasteiger partial charge in [-0.3, -0.25) is 0 Å². The summed E-state index contributed by atoms with van der Waals surface area (Å²) in [4.78, 5) is 14.0. The van der Waals surface area contributed by atoms with Crippen LogP contribution in [0, 0.1) is 0 Å². The molecule has 1 aromatic heterocycles. The molecule has 0 aromatic carbocycles. The predicted molar refractivity (Wildman–Crippen MR) is 142 cm³/mol. The van der Waals surface area contributed by atoms with Gasteiger partial charge < -0.3 is 15.4 Å². The predicted octanol–water partition coefficient (Wildman–Crippen LogP) is 7.79. The molecule has 32 heavy (non-hydrogen) atoms. The number of unbranched alkanes of at least 4 members (excludes halogenated alkanes) is 9. The normalized spacial score (nSPS) is 13.7. The number of rotatable bonds is 14. The van der Waals surface area contributed by atoms with Crippen LogP contribution in [0.25, 0.3) is 0 Å². The van der Waals surface area contributed by atoms with Crippen molar-refractivity contribution in [1.82, 2.24) is 5.32 Å². The smallest absolute Gasteiger partial charge is 0.341 e. The Morgan fingerprint density at radius 1 is 0.906 bits per heavy atom. The zero-order chi connectivity index (χ0) is 23.0. The van der Waals surface area contributed by atoms with E-state index in [1.807, 2.05) is 6.92 Å². The highest BCUT2D eigenvalue weighted by Gasteiger charge is 2.25. The summed E-state index contributed by atoms with van der Waals surface area (Å²) < 4.78 is 5.38. The summed E-state index contributed by atoms with van der Waals surface area (Å²) in [7, 11) is 0. The number of fused-ring (bicyclic) bond motifs is 1. The first kappa shape index (κ1) is 27.1. The third kappa shape index (κ3) is 9.78. The lowest BCUT2D eigenvalue weighted by Crippen LogP contribution is -2.29. The number of esters is 1. The maximum atomic E-state index is 12.7. The minimum Gasteiger partial charge on any atom is -0.462 e. The van der Waals surface area contributed by atoms with Crippen LogP contribution in [0.4, 0.5) is 5.00 Å². The van der Waals surface area contributed by atoms with Crippen molar-refractivity contribution in [2.75, 3.05) is 18.5 Å². The van der Waals surface area contributed by atoms with Crippen LogP contribution in [0.15, 0.2) is 0 Å². The van der Waals surface area contributed by atoms with Gasteiger partial charge >= 0.3 is 5.97 Å². The lowest BCUT2D eigenvalue weighted by atomic mass is 9.96. The van der Waals surface area contributed by atoms with Crippen molar-refractivity contribution in [2.24, 2.45) is 0 Å². The van der Waals surface area contributed by atoms with E-state index in [1.165, 1.54) is 87.5 Å². The Labute approximate surface area is 205 Å². The van der Waals surface area contributed by atoms with Gasteiger partial charge in [0.15, 0.2) is 5.11 Å².